The molecule has 2 aromatic rings. The SMILES string of the molecule is O=C(c1cc(NCCc2ccc(Cl)cc2)ccn1)N1CCCCCC1. The van der Waals surface area contributed by atoms with Crippen LogP contribution in [0.4, 0.5) is 5.69 Å². The summed E-state index contributed by atoms with van der Waals surface area (Å²) < 4.78 is 0. The van der Waals surface area contributed by atoms with E-state index in [2.05, 4.69) is 10.3 Å². The second kappa shape index (κ2) is 8.86. The van der Waals surface area contributed by atoms with E-state index >= 15 is 0 Å². The topological polar surface area (TPSA) is 45.2 Å². The Morgan fingerprint density at radius 2 is 1.80 bits per heavy atom. The number of aromatic nitrogens is 1. The highest BCUT2D eigenvalue weighted by Crippen LogP contribution is 2.15. The fraction of sp³-hybridized carbons (Fsp3) is 0.400. The van der Waals surface area contributed by atoms with E-state index < -0.39 is 0 Å². The van der Waals surface area contributed by atoms with Crippen LogP contribution in [-0.2, 0) is 6.42 Å². The minimum absolute atomic E-state index is 0.0447. The molecule has 1 aliphatic rings. The lowest BCUT2D eigenvalue weighted by Crippen LogP contribution is -2.32. The molecule has 132 valence electrons. The van der Waals surface area contributed by atoms with E-state index in [0.29, 0.717) is 5.69 Å². The van der Waals surface area contributed by atoms with Gasteiger partial charge in [-0.1, -0.05) is 36.6 Å². The highest BCUT2D eigenvalue weighted by Gasteiger charge is 2.18. The number of nitrogens with zero attached hydrogens (tertiary/aromatic N) is 2. The molecule has 1 saturated heterocycles. The van der Waals surface area contributed by atoms with Gasteiger partial charge in [0, 0.05) is 36.5 Å². The van der Waals surface area contributed by atoms with Gasteiger partial charge in [0.05, 0.1) is 0 Å². The molecule has 1 aromatic heterocycles. The largest absolute Gasteiger partial charge is 0.385 e. The van der Waals surface area contributed by atoms with E-state index in [1.165, 1.54) is 18.4 Å². The van der Waals surface area contributed by atoms with Gasteiger partial charge < -0.3 is 10.2 Å². The average Bonchev–Trinajstić information content (AvgIpc) is 2.92. The highest BCUT2D eigenvalue weighted by molar-refractivity contribution is 6.30. The zero-order chi connectivity index (χ0) is 17.5. The van der Waals surface area contributed by atoms with Crippen molar-refractivity contribution in [2.24, 2.45) is 0 Å². The van der Waals surface area contributed by atoms with Crippen LogP contribution in [0.1, 0.15) is 41.7 Å². The van der Waals surface area contributed by atoms with Crippen molar-refractivity contribution in [3.63, 3.8) is 0 Å². The molecule has 5 heteroatoms. The molecule has 0 aliphatic carbocycles. The molecular formula is C20H24ClN3O. The van der Waals surface area contributed by atoms with Gasteiger partial charge in [-0.05, 0) is 49.1 Å². The van der Waals surface area contributed by atoms with E-state index in [-0.39, 0.29) is 5.91 Å². The maximum absolute atomic E-state index is 12.7. The van der Waals surface area contributed by atoms with Crippen LogP contribution in [0.3, 0.4) is 0 Å². The van der Waals surface area contributed by atoms with Gasteiger partial charge in [-0.25, -0.2) is 0 Å². The summed E-state index contributed by atoms with van der Waals surface area (Å²) in [7, 11) is 0. The monoisotopic (exact) mass is 357 g/mol. The Bertz CT molecular complexity index is 694. The third-order valence-electron chi connectivity index (χ3n) is 4.53. The summed E-state index contributed by atoms with van der Waals surface area (Å²) in [5.74, 6) is 0.0447. The summed E-state index contributed by atoms with van der Waals surface area (Å²) in [6.45, 7) is 2.48. The van der Waals surface area contributed by atoms with Crippen LogP contribution in [0.5, 0.6) is 0 Å². The Kier molecular flexibility index (Phi) is 6.29. The van der Waals surface area contributed by atoms with Crippen molar-refractivity contribution in [1.82, 2.24) is 9.88 Å². The predicted octanol–water partition coefficient (Wildman–Crippen LogP) is 4.41. The fourth-order valence-electron chi connectivity index (χ4n) is 3.10. The van der Waals surface area contributed by atoms with Crippen molar-refractivity contribution in [1.29, 1.82) is 0 Å². The lowest BCUT2D eigenvalue weighted by Gasteiger charge is -2.20. The molecule has 0 unspecified atom stereocenters. The molecule has 0 radical (unpaired) electrons. The number of nitrogens with one attached hydrogen (secondary N) is 1. The summed E-state index contributed by atoms with van der Waals surface area (Å²) in [5.41, 5.74) is 2.69. The Labute approximate surface area is 154 Å². The summed E-state index contributed by atoms with van der Waals surface area (Å²) in [6.07, 6.45) is 7.20. The van der Waals surface area contributed by atoms with Gasteiger partial charge in [0.25, 0.3) is 5.91 Å². The number of likely N-dealkylation sites (tertiary alicyclic amines) is 1. The van der Waals surface area contributed by atoms with Gasteiger partial charge in [-0.3, -0.25) is 9.78 Å². The number of rotatable bonds is 5. The first kappa shape index (κ1) is 17.7. The molecule has 2 heterocycles. The van der Waals surface area contributed by atoms with Crippen molar-refractivity contribution in [3.8, 4) is 0 Å². The van der Waals surface area contributed by atoms with Crippen LogP contribution >= 0.6 is 11.6 Å². The van der Waals surface area contributed by atoms with Crippen LogP contribution in [0.25, 0.3) is 0 Å². The fourth-order valence-corrected chi connectivity index (χ4v) is 3.22. The second-order valence-corrected chi connectivity index (χ2v) is 6.88. The van der Waals surface area contributed by atoms with Crippen molar-refractivity contribution in [3.05, 3.63) is 58.9 Å². The van der Waals surface area contributed by atoms with E-state index in [0.717, 1.165) is 49.6 Å². The molecular weight excluding hydrogens is 334 g/mol. The molecule has 0 bridgehead atoms. The summed E-state index contributed by atoms with van der Waals surface area (Å²) in [5, 5.41) is 4.13. The van der Waals surface area contributed by atoms with Crippen LogP contribution in [0.2, 0.25) is 5.02 Å². The van der Waals surface area contributed by atoms with Crippen molar-refractivity contribution < 1.29 is 4.79 Å². The number of hydrogen-bond acceptors (Lipinski definition) is 3. The number of halogens is 1. The van der Waals surface area contributed by atoms with Crippen molar-refractivity contribution >= 4 is 23.2 Å². The number of carbonyl (C=O) groups is 1. The second-order valence-electron chi connectivity index (χ2n) is 6.44. The lowest BCUT2D eigenvalue weighted by molar-refractivity contribution is 0.0756. The zero-order valence-corrected chi connectivity index (χ0v) is 15.1. The minimum atomic E-state index is 0.0447. The van der Waals surface area contributed by atoms with Gasteiger partial charge in [-0.2, -0.15) is 0 Å². The quantitative estimate of drug-likeness (QED) is 0.862. The smallest absolute Gasteiger partial charge is 0.272 e. The Hall–Kier alpha value is -2.07. The van der Waals surface area contributed by atoms with Gasteiger partial charge in [0.1, 0.15) is 5.69 Å². The third kappa shape index (κ3) is 5.20. The number of pyridine rings is 1. The van der Waals surface area contributed by atoms with Crippen LogP contribution in [0, 0.1) is 0 Å². The third-order valence-corrected chi connectivity index (χ3v) is 4.78. The van der Waals surface area contributed by atoms with Gasteiger partial charge >= 0.3 is 0 Å². The normalized spacial score (nSPS) is 14.8. The first-order valence-corrected chi connectivity index (χ1v) is 9.34. The van der Waals surface area contributed by atoms with E-state index in [1.807, 2.05) is 41.3 Å². The number of benzene rings is 1. The number of amides is 1. The molecule has 0 spiro atoms. The lowest BCUT2D eigenvalue weighted by atomic mass is 10.1. The Balaban J connectivity index is 1.57. The molecule has 1 aliphatic heterocycles. The highest BCUT2D eigenvalue weighted by atomic mass is 35.5. The summed E-state index contributed by atoms with van der Waals surface area (Å²) >= 11 is 5.90. The van der Waals surface area contributed by atoms with E-state index in [4.69, 9.17) is 11.6 Å². The van der Waals surface area contributed by atoms with Crippen molar-refractivity contribution in [2.75, 3.05) is 25.0 Å². The molecule has 1 aromatic carbocycles. The molecule has 25 heavy (non-hydrogen) atoms. The number of hydrogen-bond donors (Lipinski definition) is 1. The molecule has 1 N–H and O–H groups in total. The first-order chi connectivity index (χ1) is 12.2. The standard InChI is InChI=1S/C20H24ClN3O/c21-17-7-5-16(6-8-17)9-11-22-18-10-12-23-19(15-18)20(25)24-13-3-1-2-4-14-24/h5-8,10,12,15H,1-4,9,11,13-14H2,(H,22,23). The predicted molar refractivity (Wildman–Crippen MR) is 102 cm³/mol. The van der Waals surface area contributed by atoms with Crippen molar-refractivity contribution in [2.45, 2.75) is 32.1 Å². The molecule has 0 saturated carbocycles. The van der Waals surface area contributed by atoms with Gasteiger partial charge in [-0.15, -0.1) is 0 Å². The first-order valence-electron chi connectivity index (χ1n) is 8.96. The van der Waals surface area contributed by atoms with Gasteiger partial charge in [0.15, 0.2) is 0 Å². The van der Waals surface area contributed by atoms with E-state index in [1.54, 1.807) is 6.20 Å². The zero-order valence-electron chi connectivity index (χ0n) is 14.4. The summed E-state index contributed by atoms with van der Waals surface area (Å²) in [4.78, 5) is 18.9. The maximum Gasteiger partial charge on any atom is 0.272 e. The van der Waals surface area contributed by atoms with E-state index in [9.17, 15) is 4.79 Å². The van der Waals surface area contributed by atoms with Gasteiger partial charge in [0.2, 0.25) is 0 Å². The summed E-state index contributed by atoms with van der Waals surface area (Å²) in [6, 6.07) is 11.6. The van der Waals surface area contributed by atoms with Crippen LogP contribution < -0.4 is 5.32 Å². The number of anilines is 1. The molecule has 1 amide bonds. The average molecular weight is 358 g/mol. The minimum Gasteiger partial charge on any atom is -0.385 e. The Morgan fingerprint density at radius 3 is 2.52 bits per heavy atom. The van der Waals surface area contributed by atoms with Crippen LogP contribution in [-0.4, -0.2) is 35.4 Å². The number of carbonyl (C=O) groups excluding carboxylic acids is 1. The molecule has 1 fully saturated rings. The molecule has 0 atom stereocenters. The Morgan fingerprint density at radius 1 is 1.08 bits per heavy atom. The molecule has 4 nitrogen and oxygen atoms in total. The van der Waals surface area contributed by atoms with Crippen LogP contribution in [0.15, 0.2) is 42.6 Å². The molecule has 3 rings (SSSR count). The maximum atomic E-state index is 12.7.